The van der Waals surface area contributed by atoms with Crippen LogP contribution in [0, 0.1) is 5.82 Å². The SMILES string of the molecule is CC(=O)c1ccc(SC(C)CC(=O)O)c(F)c1. The number of aliphatic carboxylic acids is 1. The lowest BCUT2D eigenvalue weighted by Crippen LogP contribution is -2.06. The predicted octanol–water partition coefficient (Wildman–Crippen LogP) is 2.98. The maximum Gasteiger partial charge on any atom is 0.304 e. The van der Waals surface area contributed by atoms with Gasteiger partial charge in [0.25, 0.3) is 0 Å². The number of thioether (sulfide) groups is 1. The van der Waals surface area contributed by atoms with Gasteiger partial charge in [-0.3, -0.25) is 9.59 Å². The Morgan fingerprint density at radius 2 is 2.12 bits per heavy atom. The second-order valence-electron chi connectivity index (χ2n) is 3.73. The number of ketones is 1. The largest absolute Gasteiger partial charge is 0.481 e. The van der Waals surface area contributed by atoms with Crippen LogP contribution in [0.2, 0.25) is 0 Å². The molecule has 3 nitrogen and oxygen atoms in total. The molecule has 92 valence electrons. The molecule has 0 saturated carbocycles. The molecular formula is C12H13FO3S. The fraction of sp³-hybridized carbons (Fsp3) is 0.333. The maximum atomic E-state index is 13.6. The summed E-state index contributed by atoms with van der Waals surface area (Å²) in [5.74, 6) is -1.59. The third kappa shape index (κ3) is 4.19. The summed E-state index contributed by atoms with van der Waals surface area (Å²) in [5, 5.41) is 8.38. The van der Waals surface area contributed by atoms with E-state index in [9.17, 15) is 14.0 Å². The number of carboxylic acid groups (broad SMARTS) is 1. The van der Waals surface area contributed by atoms with Crippen LogP contribution in [0.4, 0.5) is 4.39 Å². The number of benzene rings is 1. The second kappa shape index (κ2) is 5.82. The number of halogens is 1. The van der Waals surface area contributed by atoms with Gasteiger partial charge in [-0.25, -0.2) is 4.39 Å². The fourth-order valence-corrected chi connectivity index (χ4v) is 2.30. The number of carbonyl (C=O) groups is 2. The van der Waals surface area contributed by atoms with Crippen LogP contribution in [0.15, 0.2) is 23.1 Å². The number of hydrogen-bond acceptors (Lipinski definition) is 3. The summed E-state index contributed by atoms with van der Waals surface area (Å²) in [6, 6.07) is 4.23. The topological polar surface area (TPSA) is 54.4 Å². The quantitative estimate of drug-likeness (QED) is 0.650. The van der Waals surface area contributed by atoms with Crippen LogP contribution >= 0.6 is 11.8 Å². The Morgan fingerprint density at radius 3 is 2.59 bits per heavy atom. The molecule has 0 amide bonds. The van der Waals surface area contributed by atoms with Crippen LogP contribution < -0.4 is 0 Å². The van der Waals surface area contributed by atoms with Crippen LogP contribution in [-0.2, 0) is 4.79 Å². The van der Waals surface area contributed by atoms with Gasteiger partial charge in [-0.15, -0.1) is 11.8 Å². The van der Waals surface area contributed by atoms with E-state index in [-0.39, 0.29) is 17.5 Å². The molecule has 0 heterocycles. The minimum Gasteiger partial charge on any atom is -0.481 e. The Labute approximate surface area is 103 Å². The predicted molar refractivity (Wildman–Crippen MR) is 64.0 cm³/mol. The first-order valence-corrected chi connectivity index (χ1v) is 5.97. The lowest BCUT2D eigenvalue weighted by Gasteiger charge is -2.09. The Bertz CT molecular complexity index is 445. The fourth-order valence-electron chi connectivity index (χ4n) is 1.32. The molecule has 0 saturated heterocycles. The van der Waals surface area contributed by atoms with Gasteiger partial charge in [-0.05, 0) is 19.1 Å². The van der Waals surface area contributed by atoms with Crippen LogP contribution in [0.25, 0.3) is 0 Å². The highest BCUT2D eigenvalue weighted by Crippen LogP contribution is 2.28. The number of hydrogen-bond donors (Lipinski definition) is 1. The third-order valence-corrected chi connectivity index (χ3v) is 3.28. The summed E-state index contributed by atoms with van der Waals surface area (Å²) in [7, 11) is 0. The molecule has 0 aliphatic heterocycles. The molecule has 0 aliphatic carbocycles. The van der Waals surface area contributed by atoms with Gasteiger partial charge in [0, 0.05) is 15.7 Å². The zero-order chi connectivity index (χ0) is 13.0. The molecular weight excluding hydrogens is 243 g/mol. The highest BCUT2D eigenvalue weighted by Gasteiger charge is 2.13. The number of carboxylic acids is 1. The highest BCUT2D eigenvalue weighted by molar-refractivity contribution is 8.00. The zero-order valence-electron chi connectivity index (χ0n) is 9.57. The summed E-state index contributed by atoms with van der Waals surface area (Å²) in [5.41, 5.74) is 0.317. The van der Waals surface area contributed by atoms with Crippen molar-refractivity contribution in [3.8, 4) is 0 Å². The average molecular weight is 256 g/mol. The van der Waals surface area contributed by atoms with E-state index in [1.807, 2.05) is 0 Å². The Hall–Kier alpha value is -1.36. The number of rotatable bonds is 5. The first-order valence-electron chi connectivity index (χ1n) is 5.09. The van der Waals surface area contributed by atoms with Crippen molar-refractivity contribution in [3.05, 3.63) is 29.6 Å². The van der Waals surface area contributed by atoms with Gasteiger partial charge in [0.1, 0.15) is 5.82 Å². The molecule has 1 unspecified atom stereocenters. The first-order chi connectivity index (χ1) is 7.90. The molecule has 0 radical (unpaired) electrons. The molecule has 0 spiro atoms. The Balaban J connectivity index is 2.79. The molecule has 1 aromatic rings. The van der Waals surface area contributed by atoms with Gasteiger partial charge in [0.2, 0.25) is 0 Å². The normalized spacial score (nSPS) is 12.2. The second-order valence-corrected chi connectivity index (χ2v) is 5.21. The van der Waals surface area contributed by atoms with Crippen molar-refractivity contribution in [1.82, 2.24) is 0 Å². The highest BCUT2D eigenvalue weighted by atomic mass is 32.2. The van der Waals surface area contributed by atoms with Crippen molar-refractivity contribution in [2.45, 2.75) is 30.4 Å². The van der Waals surface area contributed by atoms with Gasteiger partial charge in [0.15, 0.2) is 5.78 Å². The first kappa shape index (κ1) is 13.7. The van der Waals surface area contributed by atoms with Crippen molar-refractivity contribution >= 4 is 23.5 Å². The summed E-state index contributed by atoms with van der Waals surface area (Å²) in [6.07, 6.45) is -0.0292. The molecule has 1 rings (SSSR count). The van der Waals surface area contributed by atoms with Crippen molar-refractivity contribution < 1.29 is 19.1 Å². The minimum atomic E-state index is -0.911. The van der Waals surface area contributed by atoms with E-state index in [2.05, 4.69) is 0 Å². The van der Waals surface area contributed by atoms with E-state index in [0.29, 0.717) is 10.5 Å². The van der Waals surface area contributed by atoms with E-state index < -0.39 is 11.8 Å². The standard InChI is InChI=1S/C12H13FO3S/c1-7(5-12(15)16)17-11-4-3-9(8(2)14)6-10(11)13/h3-4,6-7H,5H2,1-2H3,(H,15,16). The van der Waals surface area contributed by atoms with Crippen LogP contribution in [0.3, 0.4) is 0 Å². The number of carbonyl (C=O) groups excluding carboxylic acids is 1. The third-order valence-electron chi connectivity index (χ3n) is 2.13. The monoisotopic (exact) mass is 256 g/mol. The maximum absolute atomic E-state index is 13.6. The average Bonchev–Trinajstić information content (AvgIpc) is 2.19. The van der Waals surface area contributed by atoms with Crippen LogP contribution in [0.1, 0.15) is 30.6 Å². The van der Waals surface area contributed by atoms with Crippen molar-refractivity contribution in [2.75, 3.05) is 0 Å². The summed E-state index contributed by atoms with van der Waals surface area (Å²) in [6.45, 7) is 3.09. The Morgan fingerprint density at radius 1 is 1.47 bits per heavy atom. The van der Waals surface area contributed by atoms with E-state index in [1.165, 1.54) is 19.1 Å². The van der Waals surface area contributed by atoms with Gasteiger partial charge in [-0.1, -0.05) is 13.0 Å². The van der Waals surface area contributed by atoms with Crippen LogP contribution in [0.5, 0.6) is 0 Å². The molecule has 5 heteroatoms. The van der Waals surface area contributed by atoms with Crippen molar-refractivity contribution in [2.24, 2.45) is 0 Å². The smallest absolute Gasteiger partial charge is 0.304 e. The number of Topliss-reactive ketones (excluding diaryl/α,β-unsaturated/α-hetero) is 1. The summed E-state index contributed by atoms with van der Waals surface area (Å²) >= 11 is 1.15. The van der Waals surface area contributed by atoms with Crippen molar-refractivity contribution in [3.63, 3.8) is 0 Å². The van der Waals surface area contributed by atoms with Gasteiger partial charge in [-0.2, -0.15) is 0 Å². The minimum absolute atomic E-state index is 0.0292. The lowest BCUT2D eigenvalue weighted by molar-refractivity contribution is -0.136. The molecule has 0 bridgehead atoms. The Kier molecular flexibility index (Phi) is 4.69. The van der Waals surface area contributed by atoms with E-state index in [4.69, 9.17) is 5.11 Å². The van der Waals surface area contributed by atoms with E-state index in [0.717, 1.165) is 11.8 Å². The molecule has 17 heavy (non-hydrogen) atoms. The lowest BCUT2D eigenvalue weighted by atomic mass is 10.1. The molecule has 0 fully saturated rings. The van der Waals surface area contributed by atoms with E-state index >= 15 is 0 Å². The molecule has 1 N–H and O–H groups in total. The van der Waals surface area contributed by atoms with Gasteiger partial charge >= 0.3 is 5.97 Å². The van der Waals surface area contributed by atoms with Crippen LogP contribution in [-0.4, -0.2) is 22.1 Å². The van der Waals surface area contributed by atoms with E-state index in [1.54, 1.807) is 13.0 Å². The zero-order valence-corrected chi connectivity index (χ0v) is 10.4. The molecule has 1 atom stereocenters. The van der Waals surface area contributed by atoms with Crippen molar-refractivity contribution in [1.29, 1.82) is 0 Å². The summed E-state index contributed by atoms with van der Waals surface area (Å²) < 4.78 is 13.6. The van der Waals surface area contributed by atoms with Gasteiger partial charge < -0.3 is 5.11 Å². The molecule has 0 aliphatic rings. The molecule has 0 aromatic heterocycles. The van der Waals surface area contributed by atoms with Gasteiger partial charge in [0.05, 0.1) is 6.42 Å². The molecule has 1 aromatic carbocycles. The summed E-state index contributed by atoms with van der Waals surface area (Å²) in [4.78, 5) is 21.9.